The van der Waals surface area contributed by atoms with Gasteiger partial charge in [0.25, 0.3) is 0 Å². The van der Waals surface area contributed by atoms with Crippen LogP contribution in [-0.4, -0.2) is 6.61 Å². The molecule has 1 heterocycles. The van der Waals surface area contributed by atoms with E-state index < -0.39 is 5.79 Å². The zero-order chi connectivity index (χ0) is 17.1. The van der Waals surface area contributed by atoms with Crippen molar-refractivity contribution in [2.75, 3.05) is 6.61 Å². The number of hydrogen-bond acceptors (Lipinski definition) is 2. The van der Waals surface area contributed by atoms with Crippen LogP contribution in [0.4, 0.5) is 0 Å². The van der Waals surface area contributed by atoms with Gasteiger partial charge in [-0.15, -0.1) is 0 Å². The lowest BCUT2D eigenvalue weighted by Crippen LogP contribution is -2.23. The van der Waals surface area contributed by atoms with E-state index in [1.807, 2.05) is 0 Å². The van der Waals surface area contributed by atoms with Crippen molar-refractivity contribution in [3.05, 3.63) is 94.5 Å². The first-order valence-electron chi connectivity index (χ1n) is 9.44. The summed E-state index contributed by atoms with van der Waals surface area (Å²) in [6, 6.07) is 23.9. The van der Waals surface area contributed by atoms with Crippen LogP contribution in [0.15, 0.2) is 66.7 Å². The Morgan fingerprint density at radius 1 is 0.808 bits per heavy atom. The fourth-order valence-corrected chi connectivity index (χ4v) is 4.96. The van der Waals surface area contributed by atoms with E-state index in [0.717, 1.165) is 19.3 Å². The Morgan fingerprint density at radius 2 is 1.62 bits per heavy atom. The van der Waals surface area contributed by atoms with E-state index in [4.69, 9.17) is 9.47 Å². The number of ether oxygens (including phenoxy) is 2. The summed E-state index contributed by atoms with van der Waals surface area (Å²) in [5, 5.41) is 0. The molecule has 2 atom stereocenters. The van der Waals surface area contributed by atoms with E-state index in [-0.39, 0.29) is 6.10 Å². The average molecular weight is 340 g/mol. The Kier molecular flexibility index (Phi) is 3.00. The molecule has 0 bridgehead atoms. The van der Waals surface area contributed by atoms with E-state index in [1.54, 1.807) is 0 Å². The summed E-state index contributed by atoms with van der Waals surface area (Å²) in [6.45, 7) is 0.626. The van der Waals surface area contributed by atoms with Crippen molar-refractivity contribution in [1.29, 1.82) is 0 Å². The highest BCUT2D eigenvalue weighted by Gasteiger charge is 2.48. The van der Waals surface area contributed by atoms with Crippen LogP contribution in [0.25, 0.3) is 11.1 Å². The molecule has 3 aromatic rings. The molecule has 0 radical (unpaired) electrons. The molecule has 1 saturated heterocycles. The zero-order valence-electron chi connectivity index (χ0n) is 14.6. The molecule has 0 N–H and O–H groups in total. The summed E-state index contributed by atoms with van der Waals surface area (Å²) in [4.78, 5) is 0. The van der Waals surface area contributed by atoms with Gasteiger partial charge in [-0.3, -0.25) is 0 Å². The van der Waals surface area contributed by atoms with Crippen molar-refractivity contribution in [3.8, 4) is 11.1 Å². The molecule has 3 aliphatic rings. The van der Waals surface area contributed by atoms with Gasteiger partial charge in [0.15, 0.2) is 5.79 Å². The van der Waals surface area contributed by atoms with Gasteiger partial charge >= 0.3 is 0 Å². The van der Waals surface area contributed by atoms with Gasteiger partial charge in [0.05, 0.1) is 6.61 Å². The van der Waals surface area contributed by atoms with Crippen molar-refractivity contribution in [1.82, 2.24) is 0 Å². The van der Waals surface area contributed by atoms with E-state index in [0.29, 0.717) is 6.61 Å². The minimum Gasteiger partial charge on any atom is -0.343 e. The summed E-state index contributed by atoms with van der Waals surface area (Å²) >= 11 is 0. The second kappa shape index (κ2) is 5.29. The average Bonchev–Trinajstić information content (AvgIpc) is 3.38. The smallest absolute Gasteiger partial charge is 0.196 e. The van der Waals surface area contributed by atoms with Crippen molar-refractivity contribution in [2.24, 2.45) is 0 Å². The lowest BCUT2D eigenvalue weighted by Gasteiger charge is -2.24. The number of rotatable bonds is 1. The minimum absolute atomic E-state index is 0.00502. The van der Waals surface area contributed by atoms with Gasteiger partial charge in [-0.05, 0) is 46.2 Å². The normalized spacial score (nSPS) is 25.3. The fraction of sp³-hybridized carbons (Fsp3) is 0.250. The Labute approximate surface area is 153 Å². The first kappa shape index (κ1) is 14.7. The maximum absolute atomic E-state index is 6.62. The van der Waals surface area contributed by atoms with Crippen LogP contribution in [0.1, 0.15) is 40.3 Å². The van der Waals surface area contributed by atoms with Crippen LogP contribution in [0.5, 0.6) is 0 Å². The molecule has 2 nitrogen and oxygen atoms in total. The molecule has 1 aliphatic heterocycles. The lowest BCUT2D eigenvalue weighted by molar-refractivity contribution is -0.175. The van der Waals surface area contributed by atoms with Gasteiger partial charge in [-0.2, -0.15) is 0 Å². The Balaban J connectivity index is 1.39. The number of benzene rings is 3. The molecule has 128 valence electrons. The van der Waals surface area contributed by atoms with E-state index >= 15 is 0 Å². The van der Waals surface area contributed by atoms with Crippen molar-refractivity contribution < 1.29 is 9.47 Å². The number of aryl methyl sites for hydroxylation is 1. The van der Waals surface area contributed by atoms with E-state index in [2.05, 4.69) is 66.7 Å². The summed E-state index contributed by atoms with van der Waals surface area (Å²) in [6.07, 6.45) is 2.94. The number of hydrogen-bond donors (Lipinski definition) is 0. The molecule has 0 amide bonds. The highest BCUT2D eigenvalue weighted by molar-refractivity contribution is 5.78. The Morgan fingerprint density at radius 3 is 2.58 bits per heavy atom. The topological polar surface area (TPSA) is 18.5 Å². The first-order chi connectivity index (χ1) is 12.8. The maximum Gasteiger partial charge on any atom is 0.196 e. The standard InChI is InChI=1S/C24H20O2/c1-3-8-18-17(7-1)14-21-19(18)9-5-10-20(21)23-15-25-24(26-23)13-12-16-6-2-4-11-22(16)24/h1-11,23H,12-15H2. The van der Waals surface area contributed by atoms with Crippen molar-refractivity contribution >= 4 is 0 Å². The second-order valence-corrected chi connectivity index (χ2v) is 7.53. The third-order valence-corrected chi connectivity index (χ3v) is 6.19. The zero-order valence-corrected chi connectivity index (χ0v) is 14.6. The predicted octanol–water partition coefficient (Wildman–Crippen LogP) is 5.14. The molecule has 6 rings (SSSR count). The highest BCUT2D eigenvalue weighted by Crippen LogP contribution is 2.50. The maximum atomic E-state index is 6.62. The molecular formula is C24H20O2. The molecule has 1 spiro atoms. The molecule has 3 aromatic carbocycles. The highest BCUT2D eigenvalue weighted by atomic mass is 16.7. The SMILES string of the molecule is c1ccc2c(c1)Cc1c-2cccc1C1COC2(CCc3ccccc32)O1. The quantitative estimate of drug-likeness (QED) is 0.477. The second-order valence-electron chi connectivity index (χ2n) is 7.53. The summed E-state index contributed by atoms with van der Waals surface area (Å²) in [5.41, 5.74) is 9.41. The van der Waals surface area contributed by atoms with Gasteiger partial charge in [-0.25, -0.2) is 0 Å². The lowest BCUT2D eigenvalue weighted by atomic mass is 9.98. The van der Waals surface area contributed by atoms with Gasteiger partial charge in [0.1, 0.15) is 6.10 Å². The monoisotopic (exact) mass is 340 g/mol. The number of fused-ring (bicyclic) bond motifs is 5. The molecule has 2 aliphatic carbocycles. The van der Waals surface area contributed by atoms with Crippen LogP contribution in [0.2, 0.25) is 0 Å². The molecule has 0 saturated carbocycles. The van der Waals surface area contributed by atoms with Crippen molar-refractivity contribution in [2.45, 2.75) is 31.2 Å². The van der Waals surface area contributed by atoms with Gasteiger partial charge in [0, 0.05) is 12.0 Å². The van der Waals surface area contributed by atoms with Crippen LogP contribution in [-0.2, 0) is 28.1 Å². The van der Waals surface area contributed by atoms with Crippen LogP contribution < -0.4 is 0 Å². The molecule has 26 heavy (non-hydrogen) atoms. The largest absolute Gasteiger partial charge is 0.343 e. The van der Waals surface area contributed by atoms with Crippen LogP contribution in [0, 0.1) is 0 Å². The minimum atomic E-state index is -0.546. The Hall–Kier alpha value is -2.42. The third kappa shape index (κ3) is 1.94. The van der Waals surface area contributed by atoms with E-state index in [9.17, 15) is 0 Å². The molecule has 2 heteroatoms. The Bertz CT molecular complexity index is 1020. The first-order valence-corrected chi connectivity index (χ1v) is 9.44. The molecule has 2 unspecified atom stereocenters. The van der Waals surface area contributed by atoms with Gasteiger partial charge in [-0.1, -0.05) is 66.7 Å². The molecular weight excluding hydrogens is 320 g/mol. The van der Waals surface area contributed by atoms with Gasteiger partial charge in [0.2, 0.25) is 0 Å². The van der Waals surface area contributed by atoms with Crippen LogP contribution >= 0.6 is 0 Å². The summed E-state index contributed by atoms with van der Waals surface area (Å²) in [7, 11) is 0. The third-order valence-electron chi connectivity index (χ3n) is 6.19. The van der Waals surface area contributed by atoms with E-state index in [1.165, 1.54) is 38.9 Å². The van der Waals surface area contributed by atoms with Crippen molar-refractivity contribution in [3.63, 3.8) is 0 Å². The molecule has 0 aromatic heterocycles. The summed E-state index contributed by atoms with van der Waals surface area (Å²) in [5.74, 6) is -0.546. The molecule has 1 fully saturated rings. The predicted molar refractivity (Wildman–Crippen MR) is 101 cm³/mol. The van der Waals surface area contributed by atoms with Gasteiger partial charge < -0.3 is 9.47 Å². The summed E-state index contributed by atoms with van der Waals surface area (Å²) < 4.78 is 12.9. The van der Waals surface area contributed by atoms with Crippen LogP contribution in [0.3, 0.4) is 0 Å². The fourth-order valence-electron chi connectivity index (χ4n) is 4.96.